The van der Waals surface area contributed by atoms with Crippen LogP contribution in [0.15, 0.2) is 22.7 Å². The molecule has 1 aromatic carbocycles. The van der Waals surface area contributed by atoms with Gasteiger partial charge in [0.2, 0.25) is 0 Å². The zero-order chi connectivity index (χ0) is 14.7. The van der Waals surface area contributed by atoms with Gasteiger partial charge in [0.05, 0.1) is 4.47 Å². The van der Waals surface area contributed by atoms with Gasteiger partial charge in [0.25, 0.3) is 0 Å². The molecular weight excluding hydrogens is 319 g/mol. The second kappa shape index (κ2) is 7.01. The molecule has 0 aromatic heterocycles. The van der Waals surface area contributed by atoms with Gasteiger partial charge in [0.15, 0.2) is 0 Å². The van der Waals surface area contributed by atoms with Gasteiger partial charge in [-0.15, -0.1) is 0 Å². The minimum absolute atomic E-state index is 0.129. The Hall–Kier alpha value is -0.450. The van der Waals surface area contributed by atoms with Crippen LogP contribution in [0.4, 0.5) is 4.39 Å². The van der Waals surface area contributed by atoms with Crippen LogP contribution in [0, 0.1) is 11.7 Å². The third-order valence-corrected chi connectivity index (χ3v) is 4.58. The van der Waals surface area contributed by atoms with Crippen LogP contribution in [-0.4, -0.2) is 24.0 Å². The molecular formula is C16H24BrFN2. The van der Waals surface area contributed by atoms with Crippen molar-refractivity contribution in [3.05, 3.63) is 34.1 Å². The van der Waals surface area contributed by atoms with Crippen molar-refractivity contribution in [2.24, 2.45) is 11.7 Å². The van der Waals surface area contributed by atoms with Crippen LogP contribution < -0.4 is 5.73 Å². The lowest BCUT2D eigenvalue weighted by Gasteiger charge is -2.32. The lowest BCUT2D eigenvalue weighted by Crippen LogP contribution is -2.36. The van der Waals surface area contributed by atoms with E-state index in [1.807, 2.05) is 6.07 Å². The van der Waals surface area contributed by atoms with Crippen molar-refractivity contribution in [2.75, 3.05) is 13.1 Å². The Morgan fingerprint density at radius 1 is 1.40 bits per heavy atom. The van der Waals surface area contributed by atoms with E-state index in [0.717, 1.165) is 18.5 Å². The predicted molar refractivity (Wildman–Crippen MR) is 85.1 cm³/mol. The fourth-order valence-electron chi connectivity index (χ4n) is 2.59. The normalized spacial score (nSPS) is 16.9. The Balaban J connectivity index is 2.16. The van der Waals surface area contributed by atoms with Crippen LogP contribution in [0.2, 0.25) is 0 Å². The fourth-order valence-corrected chi connectivity index (χ4v) is 2.84. The summed E-state index contributed by atoms with van der Waals surface area (Å²) in [5, 5.41) is 0. The van der Waals surface area contributed by atoms with E-state index in [9.17, 15) is 4.39 Å². The van der Waals surface area contributed by atoms with Crippen molar-refractivity contribution in [1.29, 1.82) is 0 Å². The number of halogens is 2. The molecule has 1 unspecified atom stereocenters. The van der Waals surface area contributed by atoms with E-state index in [1.165, 1.54) is 12.8 Å². The summed E-state index contributed by atoms with van der Waals surface area (Å²) >= 11 is 3.21. The molecule has 0 heterocycles. The van der Waals surface area contributed by atoms with Gasteiger partial charge < -0.3 is 5.73 Å². The second-order valence-electron chi connectivity index (χ2n) is 6.08. The quantitative estimate of drug-likeness (QED) is 0.808. The summed E-state index contributed by atoms with van der Waals surface area (Å²) in [6.45, 7) is 6.06. The molecule has 1 fully saturated rings. The van der Waals surface area contributed by atoms with Gasteiger partial charge in [-0.1, -0.05) is 19.9 Å². The Morgan fingerprint density at radius 3 is 2.60 bits per heavy atom. The second-order valence-corrected chi connectivity index (χ2v) is 6.93. The molecule has 0 radical (unpaired) electrons. The van der Waals surface area contributed by atoms with Crippen LogP contribution in [0.5, 0.6) is 0 Å². The molecule has 1 aliphatic carbocycles. The molecule has 2 rings (SSSR count). The highest BCUT2D eigenvalue weighted by Gasteiger charge is 2.34. The molecule has 0 saturated heterocycles. The highest BCUT2D eigenvalue weighted by atomic mass is 79.9. The summed E-state index contributed by atoms with van der Waals surface area (Å²) in [5.41, 5.74) is 6.98. The van der Waals surface area contributed by atoms with E-state index in [2.05, 4.69) is 34.7 Å². The van der Waals surface area contributed by atoms with Crippen LogP contribution >= 0.6 is 15.9 Å². The number of benzene rings is 1. The zero-order valence-corrected chi connectivity index (χ0v) is 13.9. The standard InChI is InChI=1S/C16H24BrFN2/c1-11(2)7-8-20(13-4-5-13)16(10-19)12-3-6-14(17)15(18)9-12/h3,6,9,11,13,16H,4-5,7-8,10,19H2,1-2H3. The minimum Gasteiger partial charge on any atom is -0.329 e. The SMILES string of the molecule is CC(C)CCN(C1CC1)C(CN)c1ccc(Br)c(F)c1. The molecule has 1 aliphatic rings. The van der Waals surface area contributed by atoms with Crippen molar-refractivity contribution < 1.29 is 4.39 Å². The van der Waals surface area contributed by atoms with Gasteiger partial charge >= 0.3 is 0 Å². The Labute approximate surface area is 129 Å². The molecule has 20 heavy (non-hydrogen) atoms. The highest BCUT2D eigenvalue weighted by Crippen LogP contribution is 2.35. The fraction of sp³-hybridized carbons (Fsp3) is 0.625. The highest BCUT2D eigenvalue weighted by molar-refractivity contribution is 9.10. The monoisotopic (exact) mass is 342 g/mol. The third kappa shape index (κ3) is 4.03. The van der Waals surface area contributed by atoms with Crippen LogP contribution in [-0.2, 0) is 0 Å². The van der Waals surface area contributed by atoms with Gasteiger partial charge in [-0.2, -0.15) is 0 Å². The first kappa shape index (κ1) is 15.9. The molecule has 0 bridgehead atoms. The maximum Gasteiger partial charge on any atom is 0.137 e. The van der Waals surface area contributed by atoms with Gasteiger partial charge in [-0.05, 0) is 65.4 Å². The predicted octanol–water partition coefficient (Wildman–Crippen LogP) is 4.10. The lowest BCUT2D eigenvalue weighted by molar-refractivity contribution is 0.180. The molecule has 1 saturated carbocycles. The van der Waals surface area contributed by atoms with Crippen molar-refractivity contribution in [2.45, 2.75) is 45.2 Å². The third-order valence-electron chi connectivity index (χ3n) is 3.93. The van der Waals surface area contributed by atoms with E-state index in [0.29, 0.717) is 23.0 Å². The molecule has 1 aromatic rings. The summed E-state index contributed by atoms with van der Waals surface area (Å²) in [6, 6.07) is 6.14. The first-order valence-electron chi connectivity index (χ1n) is 7.43. The molecule has 2 nitrogen and oxygen atoms in total. The largest absolute Gasteiger partial charge is 0.329 e. The Kier molecular flexibility index (Phi) is 5.58. The molecule has 112 valence electrons. The summed E-state index contributed by atoms with van der Waals surface area (Å²) in [5.74, 6) is 0.469. The van der Waals surface area contributed by atoms with Crippen LogP contribution in [0.3, 0.4) is 0 Å². The Bertz CT molecular complexity index is 446. The summed E-state index contributed by atoms with van der Waals surface area (Å²) in [6.07, 6.45) is 3.65. The molecule has 1 atom stereocenters. The van der Waals surface area contributed by atoms with E-state index < -0.39 is 0 Å². The number of hydrogen-bond acceptors (Lipinski definition) is 2. The average Bonchev–Trinajstić information content (AvgIpc) is 3.22. The molecule has 2 N–H and O–H groups in total. The number of nitrogens with two attached hydrogens (primary N) is 1. The average molecular weight is 343 g/mol. The maximum absolute atomic E-state index is 13.8. The first-order chi connectivity index (χ1) is 9.52. The summed E-state index contributed by atoms with van der Waals surface area (Å²) in [4.78, 5) is 2.47. The van der Waals surface area contributed by atoms with E-state index >= 15 is 0 Å². The lowest BCUT2D eigenvalue weighted by atomic mass is 10.0. The number of rotatable bonds is 7. The molecule has 0 amide bonds. The van der Waals surface area contributed by atoms with Crippen molar-refractivity contribution in [3.8, 4) is 0 Å². The van der Waals surface area contributed by atoms with Gasteiger partial charge in [0.1, 0.15) is 5.82 Å². The van der Waals surface area contributed by atoms with Gasteiger partial charge in [-0.25, -0.2) is 4.39 Å². The van der Waals surface area contributed by atoms with Crippen molar-refractivity contribution in [3.63, 3.8) is 0 Å². The van der Waals surface area contributed by atoms with Crippen LogP contribution in [0.1, 0.15) is 44.7 Å². The van der Waals surface area contributed by atoms with E-state index in [-0.39, 0.29) is 11.9 Å². The molecule has 0 spiro atoms. The zero-order valence-electron chi connectivity index (χ0n) is 12.3. The molecule has 4 heteroatoms. The van der Waals surface area contributed by atoms with E-state index in [4.69, 9.17) is 5.73 Å². The van der Waals surface area contributed by atoms with Gasteiger partial charge in [0, 0.05) is 18.6 Å². The summed E-state index contributed by atoms with van der Waals surface area (Å²) < 4.78 is 14.3. The maximum atomic E-state index is 13.8. The minimum atomic E-state index is -0.208. The molecule has 0 aliphatic heterocycles. The topological polar surface area (TPSA) is 29.3 Å². The number of hydrogen-bond donors (Lipinski definition) is 1. The first-order valence-corrected chi connectivity index (χ1v) is 8.23. The van der Waals surface area contributed by atoms with Crippen molar-refractivity contribution in [1.82, 2.24) is 4.90 Å². The summed E-state index contributed by atoms with van der Waals surface area (Å²) in [7, 11) is 0. The number of nitrogens with zero attached hydrogens (tertiary/aromatic N) is 1. The van der Waals surface area contributed by atoms with Crippen molar-refractivity contribution >= 4 is 15.9 Å². The smallest absolute Gasteiger partial charge is 0.137 e. The Morgan fingerprint density at radius 2 is 2.10 bits per heavy atom. The van der Waals surface area contributed by atoms with E-state index in [1.54, 1.807) is 12.1 Å². The van der Waals surface area contributed by atoms with Gasteiger partial charge in [-0.3, -0.25) is 4.90 Å². The van der Waals surface area contributed by atoms with Crippen LogP contribution in [0.25, 0.3) is 0 Å².